The third-order valence-electron chi connectivity index (χ3n) is 0.625. The van der Waals surface area contributed by atoms with Crippen molar-refractivity contribution in [1.82, 2.24) is 0 Å². The maximum Gasteiger partial charge on any atom is 1.00 e. The van der Waals surface area contributed by atoms with E-state index in [0.29, 0.717) is 4.34 Å². The molecule has 0 fully saturated rings. The molecule has 0 aliphatic carbocycles. The molecule has 0 spiro atoms. The van der Waals surface area contributed by atoms with Gasteiger partial charge in [-0.2, -0.15) is 0 Å². The van der Waals surface area contributed by atoms with Crippen molar-refractivity contribution in [3.63, 3.8) is 0 Å². The Morgan fingerprint density at radius 3 is 2.11 bits per heavy atom. The van der Waals surface area contributed by atoms with Crippen LogP contribution in [0.25, 0.3) is 0 Å². The molecule has 1 nitrogen and oxygen atoms in total. The number of rotatable bonds is 0. The predicted octanol–water partition coefficient (Wildman–Crippen LogP) is -0.868. The summed E-state index contributed by atoms with van der Waals surface area (Å²) in [7, 11) is 0. The van der Waals surface area contributed by atoms with Crippen LogP contribution in [0.1, 0.15) is 0 Å². The van der Waals surface area contributed by atoms with Crippen molar-refractivity contribution in [1.29, 1.82) is 0 Å². The van der Waals surface area contributed by atoms with Crippen molar-refractivity contribution >= 4 is 34.5 Å². The van der Waals surface area contributed by atoms with Gasteiger partial charge < -0.3 is 5.11 Å². The van der Waals surface area contributed by atoms with Gasteiger partial charge in [0.15, 0.2) is 0 Å². The molecule has 1 rings (SSSR count). The van der Waals surface area contributed by atoms with E-state index in [-0.39, 0.29) is 39.6 Å². The van der Waals surface area contributed by atoms with Gasteiger partial charge in [-0.1, -0.05) is 23.2 Å². The van der Waals surface area contributed by atoms with Gasteiger partial charge in [0, 0.05) is 5.02 Å². The summed E-state index contributed by atoms with van der Waals surface area (Å²) in [6.07, 6.45) is 0. The minimum absolute atomic E-state index is 0. The maximum absolute atomic E-state index is 10.4. The van der Waals surface area contributed by atoms with Crippen LogP contribution in [0.2, 0.25) is 9.36 Å². The van der Waals surface area contributed by atoms with E-state index in [2.05, 4.69) is 0 Å². The molecule has 1 aromatic heterocycles. The molecule has 0 unspecified atom stereocenters. The van der Waals surface area contributed by atoms with E-state index in [0.717, 1.165) is 11.3 Å². The molecule has 1 aromatic rings. The van der Waals surface area contributed by atoms with Gasteiger partial charge in [-0.15, -0.1) is 11.3 Å². The van der Waals surface area contributed by atoms with Gasteiger partial charge in [0.25, 0.3) is 0 Å². The quantitative estimate of drug-likeness (QED) is 0.489. The molecule has 0 N–H and O–H groups in total. The van der Waals surface area contributed by atoms with E-state index in [4.69, 9.17) is 23.2 Å². The summed E-state index contributed by atoms with van der Waals surface area (Å²) in [6.45, 7) is 0. The van der Waals surface area contributed by atoms with Crippen LogP contribution in [0.15, 0.2) is 6.07 Å². The van der Waals surface area contributed by atoms with Crippen LogP contribution in [0, 0.1) is 0 Å². The smallest absolute Gasteiger partial charge is 0.864 e. The first-order chi connectivity index (χ1) is 3.70. The number of hydrogen-bond acceptors (Lipinski definition) is 2. The van der Waals surface area contributed by atoms with Crippen molar-refractivity contribution < 1.29 is 34.7 Å². The number of thiophene rings is 1. The Morgan fingerprint density at radius 1 is 1.44 bits per heavy atom. The van der Waals surface area contributed by atoms with Crippen molar-refractivity contribution in [2.45, 2.75) is 0 Å². The fourth-order valence-electron chi connectivity index (χ4n) is 0.325. The fraction of sp³-hybridized carbons (Fsp3) is 0. The molecule has 0 aliphatic rings. The van der Waals surface area contributed by atoms with E-state index in [1.807, 2.05) is 0 Å². The van der Waals surface area contributed by atoms with Crippen molar-refractivity contribution in [3.05, 3.63) is 15.4 Å². The van der Waals surface area contributed by atoms with Gasteiger partial charge in [-0.3, -0.25) is 0 Å². The molecule has 0 saturated carbocycles. The van der Waals surface area contributed by atoms with Crippen LogP contribution >= 0.6 is 34.5 Å². The van der Waals surface area contributed by atoms with E-state index >= 15 is 0 Å². The van der Waals surface area contributed by atoms with Crippen LogP contribution in [0.4, 0.5) is 0 Å². The van der Waals surface area contributed by atoms with Gasteiger partial charge in [0.1, 0.15) is 0 Å². The Morgan fingerprint density at radius 2 is 2.00 bits per heavy atom. The third-order valence-corrected chi connectivity index (χ3v) is 2.08. The van der Waals surface area contributed by atoms with E-state index in [1.165, 1.54) is 6.07 Å². The van der Waals surface area contributed by atoms with Gasteiger partial charge in [0.2, 0.25) is 0 Å². The molecule has 1 heterocycles. The summed E-state index contributed by atoms with van der Waals surface area (Å²) in [4.78, 5) is 0. The number of halogens is 2. The Bertz CT molecular complexity index is 181. The van der Waals surface area contributed by atoms with Crippen LogP contribution in [-0.4, -0.2) is 0 Å². The molecule has 0 aliphatic heterocycles. The largest absolute Gasteiger partial charge is 1.00 e. The van der Waals surface area contributed by atoms with Crippen LogP contribution < -0.4 is 34.7 Å². The second kappa shape index (κ2) is 4.06. The van der Waals surface area contributed by atoms with Crippen LogP contribution in [-0.2, 0) is 0 Å². The second-order valence-electron chi connectivity index (χ2n) is 1.19. The fourth-order valence-corrected chi connectivity index (χ4v) is 1.50. The standard InChI is InChI=1S/C4H2Cl2OS.Na/c5-2-1-3(6)8-4(2)7;/h1,7H;/q;+1/p-1. The van der Waals surface area contributed by atoms with E-state index < -0.39 is 0 Å². The van der Waals surface area contributed by atoms with Crippen LogP contribution in [0.5, 0.6) is 5.06 Å². The molecule has 5 heteroatoms. The number of hydrogen-bond donors (Lipinski definition) is 0. The molecule has 0 aromatic carbocycles. The average Bonchev–Trinajstić information content (AvgIpc) is 1.85. The zero-order chi connectivity index (χ0) is 6.15. The zero-order valence-electron chi connectivity index (χ0n) is 4.65. The van der Waals surface area contributed by atoms with Gasteiger partial charge >= 0.3 is 29.6 Å². The molecule has 0 bridgehead atoms. The Hall–Kier alpha value is 1.08. The molecule has 0 radical (unpaired) electrons. The van der Waals surface area contributed by atoms with Crippen molar-refractivity contribution in [2.24, 2.45) is 0 Å². The Labute approximate surface area is 88.9 Å². The molecule has 0 saturated heterocycles. The predicted molar refractivity (Wildman–Crippen MR) is 33.8 cm³/mol. The first-order valence-electron chi connectivity index (χ1n) is 1.82. The SMILES string of the molecule is [Na+].[O-]c1sc(Cl)cc1Cl. The summed E-state index contributed by atoms with van der Waals surface area (Å²) in [6, 6.07) is 1.44. The zero-order valence-corrected chi connectivity index (χ0v) is 8.98. The summed E-state index contributed by atoms with van der Waals surface area (Å²) >= 11 is 11.7. The summed E-state index contributed by atoms with van der Waals surface area (Å²) < 4.78 is 0.444. The third kappa shape index (κ3) is 2.66. The van der Waals surface area contributed by atoms with Crippen molar-refractivity contribution in [3.8, 4) is 5.06 Å². The summed E-state index contributed by atoms with van der Waals surface area (Å²) in [5.41, 5.74) is 0. The van der Waals surface area contributed by atoms with Crippen LogP contribution in [0.3, 0.4) is 0 Å². The molecule has 44 valence electrons. The van der Waals surface area contributed by atoms with Gasteiger partial charge in [-0.25, -0.2) is 0 Å². The van der Waals surface area contributed by atoms with Gasteiger partial charge in [-0.05, 0) is 11.1 Å². The summed E-state index contributed by atoms with van der Waals surface area (Å²) in [5.74, 6) is 0. The summed E-state index contributed by atoms with van der Waals surface area (Å²) in [5, 5.41) is 10.5. The maximum atomic E-state index is 10.4. The molecule has 9 heavy (non-hydrogen) atoms. The minimum Gasteiger partial charge on any atom is -0.864 e. The second-order valence-corrected chi connectivity index (χ2v) is 3.24. The Kier molecular flexibility index (Phi) is 4.55. The normalized spacial score (nSPS) is 8.67. The first kappa shape index (κ1) is 10.1. The van der Waals surface area contributed by atoms with E-state index in [9.17, 15) is 5.11 Å². The molecular formula is C4HCl2NaOS. The topological polar surface area (TPSA) is 23.1 Å². The first-order valence-corrected chi connectivity index (χ1v) is 3.39. The average molecular weight is 191 g/mol. The Balaban J connectivity index is 0.000000640. The van der Waals surface area contributed by atoms with Gasteiger partial charge in [0.05, 0.1) is 4.34 Å². The monoisotopic (exact) mass is 190 g/mol. The minimum atomic E-state index is -0.170. The van der Waals surface area contributed by atoms with Crippen molar-refractivity contribution in [2.75, 3.05) is 0 Å². The molecule has 0 amide bonds. The van der Waals surface area contributed by atoms with E-state index in [1.54, 1.807) is 0 Å². The molecule has 0 atom stereocenters. The molecular weight excluding hydrogens is 190 g/mol.